The lowest BCUT2D eigenvalue weighted by Gasteiger charge is -2.39. The van der Waals surface area contributed by atoms with Crippen molar-refractivity contribution in [2.45, 2.75) is 51.7 Å². The summed E-state index contributed by atoms with van der Waals surface area (Å²) in [6.07, 6.45) is 6.92. The lowest BCUT2D eigenvalue weighted by Crippen LogP contribution is -2.47. The molecule has 2 rings (SSSR count). The molecule has 0 radical (unpaired) electrons. The average Bonchev–Trinajstić information content (AvgIpc) is 2.42. The number of hydrazine groups is 1. The molecule has 0 saturated carbocycles. The van der Waals surface area contributed by atoms with Gasteiger partial charge >= 0.3 is 0 Å². The largest absolute Gasteiger partial charge is 0.316 e. The van der Waals surface area contributed by atoms with Crippen molar-refractivity contribution in [1.29, 1.82) is 0 Å². The van der Waals surface area contributed by atoms with Crippen LogP contribution in [0.3, 0.4) is 0 Å². The summed E-state index contributed by atoms with van der Waals surface area (Å²) in [5.74, 6) is 0. The smallest absolute Gasteiger partial charge is 0.283 e. The Morgan fingerprint density at radius 1 is 1.50 bits per heavy atom. The van der Waals surface area contributed by atoms with E-state index in [9.17, 15) is 4.79 Å². The predicted octanol–water partition coefficient (Wildman–Crippen LogP) is 2.78. The Labute approximate surface area is 127 Å². The van der Waals surface area contributed by atoms with Crippen LogP contribution in [0.15, 0.2) is 28.1 Å². The monoisotopic (exact) mass is 340 g/mol. The molecule has 110 valence electrons. The van der Waals surface area contributed by atoms with Crippen molar-refractivity contribution in [3.63, 3.8) is 0 Å². The summed E-state index contributed by atoms with van der Waals surface area (Å²) < 4.78 is 1.89. The van der Waals surface area contributed by atoms with Crippen LogP contribution in [0.25, 0.3) is 0 Å². The minimum Gasteiger partial charge on any atom is -0.316 e. The molecule has 1 aromatic heterocycles. The topological polar surface area (TPSA) is 50.2 Å². The predicted molar refractivity (Wildman–Crippen MR) is 84.6 cm³/mol. The molecule has 0 aromatic carbocycles. The lowest BCUT2D eigenvalue weighted by molar-refractivity contribution is 0.135. The van der Waals surface area contributed by atoms with Gasteiger partial charge in [-0.2, -0.15) is 5.10 Å². The van der Waals surface area contributed by atoms with E-state index in [0.717, 1.165) is 18.5 Å². The van der Waals surface area contributed by atoms with Gasteiger partial charge < -0.3 is 5.43 Å². The van der Waals surface area contributed by atoms with E-state index in [-0.39, 0.29) is 5.56 Å². The van der Waals surface area contributed by atoms with Gasteiger partial charge in [0.05, 0.1) is 18.4 Å². The molecule has 1 aliphatic heterocycles. The van der Waals surface area contributed by atoms with E-state index in [1.807, 2.05) is 0 Å². The van der Waals surface area contributed by atoms with E-state index >= 15 is 0 Å². The van der Waals surface area contributed by atoms with Crippen molar-refractivity contribution >= 4 is 21.6 Å². The van der Waals surface area contributed by atoms with E-state index in [4.69, 9.17) is 0 Å². The molecular formula is C14H21BrN4O. The highest BCUT2D eigenvalue weighted by Crippen LogP contribution is 2.25. The van der Waals surface area contributed by atoms with Gasteiger partial charge in [0.2, 0.25) is 0 Å². The van der Waals surface area contributed by atoms with Gasteiger partial charge in [0, 0.05) is 12.1 Å². The molecular weight excluding hydrogens is 320 g/mol. The molecule has 0 amide bonds. The van der Waals surface area contributed by atoms with Crippen LogP contribution in [0, 0.1) is 0 Å². The highest BCUT2D eigenvalue weighted by atomic mass is 79.9. The SMILES string of the molecule is C=CCn1ncc(NN2C(C)CCCC2C)c(Br)c1=O. The number of nitrogens with one attached hydrogen (secondary N) is 1. The summed E-state index contributed by atoms with van der Waals surface area (Å²) in [6.45, 7) is 8.43. The molecule has 1 N–H and O–H groups in total. The molecule has 0 bridgehead atoms. The summed E-state index contributed by atoms with van der Waals surface area (Å²) in [5.41, 5.74) is 3.92. The number of halogens is 1. The molecule has 1 aromatic rings. The van der Waals surface area contributed by atoms with E-state index in [1.165, 1.54) is 11.1 Å². The first-order valence-electron chi connectivity index (χ1n) is 6.96. The molecule has 1 fully saturated rings. The Morgan fingerprint density at radius 2 is 2.15 bits per heavy atom. The Hall–Kier alpha value is -1.14. The Bertz CT molecular complexity index is 532. The minimum absolute atomic E-state index is 0.146. The Balaban J connectivity index is 2.23. The Kier molecular flexibility index (Phi) is 4.99. The van der Waals surface area contributed by atoms with Gasteiger partial charge in [0.25, 0.3) is 5.56 Å². The lowest BCUT2D eigenvalue weighted by atomic mass is 10.00. The van der Waals surface area contributed by atoms with Gasteiger partial charge in [-0.1, -0.05) is 12.5 Å². The third kappa shape index (κ3) is 3.12. The van der Waals surface area contributed by atoms with E-state index in [1.54, 1.807) is 12.3 Å². The first-order valence-corrected chi connectivity index (χ1v) is 7.75. The van der Waals surface area contributed by atoms with E-state index in [2.05, 4.69) is 51.9 Å². The maximum Gasteiger partial charge on any atom is 0.283 e. The maximum atomic E-state index is 12.1. The van der Waals surface area contributed by atoms with Gasteiger partial charge in [-0.05, 0) is 42.6 Å². The molecule has 5 nitrogen and oxygen atoms in total. The summed E-state index contributed by atoms with van der Waals surface area (Å²) >= 11 is 3.37. The van der Waals surface area contributed by atoms with Crippen LogP contribution < -0.4 is 11.0 Å². The summed E-state index contributed by atoms with van der Waals surface area (Å²) in [6, 6.07) is 0.891. The van der Waals surface area contributed by atoms with Crippen molar-refractivity contribution in [2.75, 3.05) is 5.43 Å². The number of aromatic nitrogens is 2. The standard InChI is InChI=1S/C14H21BrN4O/c1-4-8-18-14(20)13(15)12(9-16-18)17-19-10(2)6-5-7-11(19)3/h4,9-11,17H,1,5-8H2,2-3H3. The summed E-state index contributed by atoms with van der Waals surface area (Å²) in [5, 5.41) is 6.37. The van der Waals surface area contributed by atoms with Crippen molar-refractivity contribution in [2.24, 2.45) is 0 Å². The zero-order valence-electron chi connectivity index (χ0n) is 12.0. The number of piperidine rings is 1. The number of hydrogen-bond donors (Lipinski definition) is 1. The number of hydrogen-bond acceptors (Lipinski definition) is 4. The molecule has 1 aliphatic rings. The second-order valence-electron chi connectivity index (χ2n) is 5.30. The van der Waals surface area contributed by atoms with Gasteiger partial charge in [-0.25, -0.2) is 9.69 Å². The average molecular weight is 341 g/mol. The molecule has 1 saturated heterocycles. The minimum atomic E-state index is -0.146. The van der Waals surface area contributed by atoms with E-state index in [0.29, 0.717) is 23.1 Å². The maximum absolute atomic E-state index is 12.1. The van der Waals surface area contributed by atoms with E-state index < -0.39 is 0 Å². The number of nitrogens with zero attached hydrogens (tertiary/aromatic N) is 3. The highest BCUT2D eigenvalue weighted by Gasteiger charge is 2.25. The zero-order valence-corrected chi connectivity index (χ0v) is 13.6. The van der Waals surface area contributed by atoms with Crippen LogP contribution >= 0.6 is 15.9 Å². The quantitative estimate of drug-likeness (QED) is 0.856. The number of anilines is 1. The molecule has 6 heteroatoms. The van der Waals surface area contributed by atoms with Crippen LogP contribution in [0.1, 0.15) is 33.1 Å². The molecule has 2 atom stereocenters. The zero-order chi connectivity index (χ0) is 14.7. The second-order valence-corrected chi connectivity index (χ2v) is 6.09. The van der Waals surface area contributed by atoms with Crippen molar-refractivity contribution < 1.29 is 0 Å². The van der Waals surface area contributed by atoms with Crippen LogP contribution in [0.4, 0.5) is 5.69 Å². The second kappa shape index (κ2) is 6.54. The normalized spacial score (nSPS) is 23.6. The van der Waals surface area contributed by atoms with Crippen molar-refractivity contribution in [3.8, 4) is 0 Å². The van der Waals surface area contributed by atoms with Crippen LogP contribution in [-0.4, -0.2) is 26.9 Å². The molecule has 2 heterocycles. The van der Waals surface area contributed by atoms with Crippen LogP contribution in [-0.2, 0) is 6.54 Å². The first-order chi connectivity index (χ1) is 9.54. The summed E-state index contributed by atoms with van der Waals surface area (Å²) in [7, 11) is 0. The van der Waals surface area contributed by atoms with Crippen molar-refractivity contribution in [3.05, 3.63) is 33.7 Å². The molecule has 2 unspecified atom stereocenters. The molecule has 0 spiro atoms. The van der Waals surface area contributed by atoms with Gasteiger partial charge in [0.1, 0.15) is 4.47 Å². The molecule has 0 aliphatic carbocycles. The number of allylic oxidation sites excluding steroid dienone is 1. The highest BCUT2D eigenvalue weighted by molar-refractivity contribution is 9.10. The fourth-order valence-corrected chi connectivity index (χ4v) is 2.97. The van der Waals surface area contributed by atoms with Gasteiger partial charge in [-0.3, -0.25) is 4.79 Å². The van der Waals surface area contributed by atoms with Crippen molar-refractivity contribution in [1.82, 2.24) is 14.8 Å². The fraction of sp³-hybridized carbons (Fsp3) is 0.571. The first kappa shape index (κ1) is 15.3. The van der Waals surface area contributed by atoms with Crippen LogP contribution in [0.5, 0.6) is 0 Å². The molecule has 20 heavy (non-hydrogen) atoms. The third-order valence-electron chi connectivity index (χ3n) is 3.73. The third-order valence-corrected chi connectivity index (χ3v) is 4.50. The van der Waals surface area contributed by atoms with Gasteiger partial charge in [0.15, 0.2) is 0 Å². The number of rotatable bonds is 4. The van der Waals surface area contributed by atoms with Gasteiger partial charge in [-0.15, -0.1) is 6.58 Å². The van der Waals surface area contributed by atoms with Crippen LogP contribution in [0.2, 0.25) is 0 Å². The fourth-order valence-electron chi connectivity index (χ4n) is 2.58. The summed E-state index contributed by atoms with van der Waals surface area (Å²) in [4.78, 5) is 12.1. The Morgan fingerprint density at radius 3 is 2.75 bits per heavy atom.